The maximum absolute atomic E-state index is 13.1. The lowest BCUT2D eigenvalue weighted by atomic mass is 9.64. The van der Waals surface area contributed by atoms with E-state index in [0.717, 1.165) is 0 Å². The van der Waals surface area contributed by atoms with E-state index < -0.39 is 23.4 Å². The third kappa shape index (κ3) is 1.83. The standard InChI is InChI=1S/C20H14O8/c21-18-10-4-15-16(28-8-27-15)5-11(10)20(23,12-6-24-19(22)17(12)18)9-1-2-13-14(3-9)26-7-25-13/h1-5,12,17,23H,6-8H2. The number of aliphatic hydroxyl groups is 1. The van der Waals surface area contributed by atoms with Gasteiger partial charge in [0, 0.05) is 11.1 Å². The smallest absolute Gasteiger partial charge is 0.317 e. The molecule has 0 aromatic heterocycles. The van der Waals surface area contributed by atoms with Gasteiger partial charge in [-0.05, 0) is 29.8 Å². The molecule has 0 bridgehead atoms. The molecule has 1 aliphatic carbocycles. The normalized spacial score (nSPS) is 28.8. The molecule has 0 spiro atoms. The van der Waals surface area contributed by atoms with E-state index in [1.54, 1.807) is 24.3 Å². The summed E-state index contributed by atoms with van der Waals surface area (Å²) in [6.45, 7) is 0.0659. The van der Waals surface area contributed by atoms with Crippen molar-refractivity contribution in [3.8, 4) is 23.0 Å². The monoisotopic (exact) mass is 382 g/mol. The second-order valence-electron chi connectivity index (χ2n) is 7.16. The number of Topliss-reactive ketones (excluding diaryl/α,β-unsaturated/α-hetero) is 1. The fourth-order valence-electron chi connectivity index (χ4n) is 4.51. The van der Waals surface area contributed by atoms with E-state index in [4.69, 9.17) is 23.7 Å². The summed E-state index contributed by atoms with van der Waals surface area (Å²) < 4.78 is 26.8. The second-order valence-corrected chi connectivity index (χ2v) is 7.16. The van der Waals surface area contributed by atoms with Crippen molar-refractivity contribution >= 4 is 11.8 Å². The first-order chi connectivity index (χ1) is 13.6. The number of hydrogen-bond donors (Lipinski definition) is 1. The van der Waals surface area contributed by atoms with Gasteiger partial charge in [-0.25, -0.2) is 0 Å². The number of rotatable bonds is 1. The van der Waals surface area contributed by atoms with Crippen molar-refractivity contribution in [2.45, 2.75) is 5.60 Å². The summed E-state index contributed by atoms with van der Waals surface area (Å²) in [5.74, 6) is -0.945. The summed E-state index contributed by atoms with van der Waals surface area (Å²) in [6, 6.07) is 8.22. The molecule has 2 aromatic carbocycles. The number of hydrogen-bond acceptors (Lipinski definition) is 8. The number of ether oxygens (including phenoxy) is 5. The van der Waals surface area contributed by atoms with Gasteiger partial charge in [0.2, 0.25) is 13.6 Å². The van der Waals surface area contributed by atoms with Gasteiger partial charge in [0.25, 0.3) is 0 Å². The minimum atomic E-state index is -1.65. The van der Waals surface area contributed by atoms with Gasteiger partial charge in [-0.3, -0.25) is 9.59 Å². The minimum Gasteiger partial charge on any atom is -0.465 e. The summed E-state index contributed by atoms with van der Waals surface area (Å²) in [5, 5.41) is 12.0. The summed E-state index contributed by atoms with van der Waals surface area (Å²) >= 11 is 0. The summed E-state index contributed by atoms with van der Waals surface area (Å²) in [4.78, 5) is 25.4. The molecule has 3 heterocycles. The number of carbonyl (C=O) groups is 2. The van der Waals surface area contributed by atoms with Crippen LogP contribution in [0.25, 0.3) is 0 Å². The highest BCUT2D eigenvalue weighted by molar-refractivity contribution is 6.12. The molecule has 0 radical (unpaired) electrons. The Morgan fingerprint density at radius 1 is 0.857 bits per heavy atom. The van der Waals surface area contributed by atoms with Gasteiger partial charge in [-0.15, -0.1) is 0 Å². The summed E-state index contributed by atoms with van der Waals surface area (Å²) in [7, 11) is 0. The van der Waals surface area contributed by atoms with Gasteiger partial charge in [-0.2, -0.15) is 0 Å². The maximum Gasteiger partial charge on any atom is 0.317 e. The molecule has 1 fully saturated rings. The van der Waals surface area contributed by atoms with Crippen LogP contribution in [0.3, 0.4) is 0 Å². The number of cyclic esters (lactones) is 1. The first-order valence-electron chi connectivity index (χ1n) is 8.85. The predicted octanol–water partition coefficient (Wildman–Crippen LogP) is 1.37. The van der Waals surface area contributed by atoms with E-state index in [1.165, 1.54) is 6.07 Å². The number of fused-ring (bicyclic) bond motifs is 4. The Balaban J connectivity index is 1.62. The third-order valence-corrected chi connectivity index (χ3v) is 5.88. The molecule has 2 aromatic rings. The molecule has 3 atom stereocenters. The largest absolute Gasteiger partial charge is 0.465 e. The molecule has 1 N–H and O–H groups in total. The van der Waals surface area contributed by atoms with Crippen LogP contribution in [-0.2, 0) is 15.1 Å². The number of esters is 1. The Morgan fingerprint density at radius 2 is 1.54 bits per heavy atom. The van der Waals surface area contributed by atoms with Crippen molar-refractivity contribution in [2.24, 2.45) is 11.8 Å². The highest BCUT2D eigenvalue weighted by atomic mass is 16.7. The molecule has 8 heteroatoms. The lowest BCUT2D eigenvalue weighted by molar-refractivity contribution is -0.140. The van der Waals surface area contributed by atoms with Crippen LogP contribution in [0.2, 0.25) is 0 Å². The Hall–Kier alpha value is -3.26. The average Bonchev–Trinajstić information content (AvgIpc) is 3.43. The average molecular weight is 382 g/mol. The highest BCUT2D eigenvalue weighted by Crippen LogP contribution is 2.53. The zero-order valence-corrected chi connectivity index (χ0v) is 14.5. The van der Waals surface area contributed by atoms with Crippen LogP contribution in [0.15, 0.2) is 30.3 Å². The fraction of sp³-hybridized carbons (Fsp3) is 0.300. The molecular formula is C20H14O8. The topological polar surface area (TPSA) is 101 Å². The Morgan fingerprint density at radius 3 is 2.32 bits per heavy atom. The van der Waals surface area contributed by atoms with Gasteiger partial charge in [0.15, 0.2) is 28.8 Å². The van der Waals surface area contributed by atoms with Crippen molar-refractivity contribution < 1.29 is 38.4 Å². The molecule has 142 valence electrons. The molecule has 6 rings (SSSR count). The molecule has 4 aliphatic rings. The zero-order chi connectivity index (χ0) is 19.0. The Labute approximate surface area is 158 Å². The molecular weight excluding hydrogens is 368 g/mol. The highest BCUT2D eigenvalue weighted by Gasteiger charge is 2.59. The minimum absolute atomic E-state index is 0.0315. The second kappa shape index (κ2) is 5.17. The maximum atomic E-state index is 13.1. The first kappa shape index (κ1) is 15.8. The van der Waals surface area contributed by atoms with E-state index in [0.29, 0.717) is 34.1 Å². The van der Waals surface area contributed by atoms with E-state index in [9.17, 15) is 14.7 Å². The number of ketones is 1. The van der Waals surface area contributed by atoms with Crippen LogP contribution in [0.4, 0.5) is 0 Å². The molecule has 3 aliphatic heterocycles. The van der Waals surface area contributed by atoms with Crippen LogP contribution < -0.4 is 18.9 Å². The molecule has 0 amide bonds. The molecule has 1 saturated heterocycles. The molecule has 8 nitrogen and oxygen atoms in total. The lowest BCUT2D eigenvalue weighted by Crippen LogP contribution is -2.48. The van der Waals surface area contributed by atoms with Crippen molar-refractivity contribution in [1.29, 1.82) is 0 Å². The van der Waals surface area contributed by atoms with Crippen molar-refractivity contribution in [2.75, 3.05) is 20.2 Å². The van der Waals surface area contributed by atoms with Gasteiger partial charge in [-0.1, -0.05) is 6.07 Å². The third-order valence-electron chi connectivity index (χ3n) is 5.88. The molecule has 28 heavy (non-hydrogen) atoms. The zero-order valence-electron chi connectivity index (χ0n) is 14.5. The van der Waals surface area contributed by atoms with Crippen molar-refractivity contribution in [1.82, 2.24) is 0 Å². The predicted molar refractivity (Wildman–Crippen MR) is 90.4 cm³/mol. The van der Waals surface area contributed by atoms with Gasteiger partial charge >= 0.3 is 5.97 Å². The summed E-state index contributed by atoms with van der Waals surface area (Å²) in [5.41, 5.74) is -0.579. The van der Waals surface area contributed by atoms with Gasteiger partial charge in [0.05, 0.1) is 12.5 Å². The number of carbonyl (C=O) groups excluding carboxylic acids is 2. The SMILES string of the molecule is O=C1OCC2C1C(=O)c1cc3c(cc1C2(O)c1ccc2c(c1)OCO2)OCO3. The quantitative estimate of drug-likeness (QED) is 0.583. The van der Waals surface area contributed by atoms with Crippen LogP contribution >= 0.6 is 0 Å². The van der Waals surface area contributed by atoms with Crippen LogP contribution in [-0.4, -0.2) is 37.1 Å². The Bertz CT molecular complexity index is 1060. The van der Waals surface area contributed by atoms with E-state index >= 15 is 0 Å². The fourth-order valence-corrected chi connectivity index (χ4v) is 4.51. The van der Waals surface area contributed by atoms with Crippen LogP contribution in [0, 0.1) is 11.8 Å². The molecule has 0 saturated carbocycles. The molecule has 3 unspecified atom stereocenters. The lowest BCUT2D eigenvalue weighted by Gasteiger charge is -2.40. The van der Waals surface area contributed by atoms with Crippen molar-refractivity contribution in [3.05, 3.63) is 47.0 Å². The Kier molecular flexibility index (Phi) is 2.91. The van der Waals surface area contributed by atoms with Crippen LogP contribution in [0.5, 0.6) is 23.0 Å². The van der Waals surface area contributed by atoms with E-state index in [-0.39, 0.29) is 31.5 Å². The van der Waals surface area contributed by atoms with E-state index in [2.05, 4.69) is 0 Å². The van der Waals surface area contributed by atoms with Gasteiger partial charge in [0.1, 0.15) is 11.5 Å². The van der Waals surface area contributed by atoms with Crippen molar-refractivity contribution in [3.63, 3.8) is 0 Å². The number of benzene rings is 2. The summed E-state index contributed by atoms with van der Waals surface area (Å²) in [6.07, 6.45) is 0. The van der Waals surface area contributed by atoms with Crippen LogP contribution in [0.1, 0.15) is 21.5 Å². The van der Waals surface area contributed by atoms with Gasteiger partial charge < -0.3 is 28.8 Å². The van der Waals surface area contributed by atoms with E-state index in [1.807, 2.05) is 0 Å². The first-order valence-corrected chi connectivity index (χ1v) is 8.85.